The molecule has 0 nitrogen and oxygen atoms in total. The van der Waals surface area contributed by atoms with Gasteiger partial charge in [-0.3, -0.25) is 0 Å². The molecule has 0 fully saturated rings. The predicted molar refractivity (Wildman–Crippen MR) is 78.1 cm³/mol. The zero-order valence-corrected chi connectivity index (χ0v) is 10.5. The van der Waals surface area contributed by atoms with Crippen LogP contribution >= 0.6 is 0 Å². The molecule has 0 aliphatic carbocycles. The van der Waals surface area contributed by atoms with Crippen molar-refractivity contribution in [2.75, 3.05) is 0 Å². The lowest BCUT2D eigenvalue weighted by molar-refractivity contribution is 1.15. The second-order valence-electron chi connectivity index (χ2n) is 4.14. The van der Waals surface area contributed by atoms with Gasteiger partial charge in [-0.15, -0.1) is 0 Å². The Kier molecular flexibility index (Phi) is 3.43. The molecule has 0 atom stereocenters. The summed E-state index contributed by atoms with van der Waals surface area (Å²) in [6, 6.07) is 10.8. The summed E-state index contributed by atoms with van der Waals surface area (Å²) in [7, 11) is 0. The third-order valence-corrected chi connectivity index (χ3v) is 3.14. The Morgan fingerprint density at radius 3 is 2.65 bits per heavy atom. The first kappa shape index (κ1) is 11.7. The minimum atomic E-state index is 1.04. The molecule has 0 amide bonds. The Labute approximate surface area is 103 Å². The van der Waals surface area contributed by atoms with Gasteiger partial charge in [-0.2, -0.15) is 0 Å². The van der Waals surface area contributed by atoms with Crippen molar-refractivity contribution < 1.29 is 0 Å². The minimum Gasteiger partial charge on any atom is -0.0984 e. The van der Waals surface area contributed by atoms with Gasteiger partial charge in [0.1, 0.15) is 0 Å². The highest BCUT2D eigenvalue weighted by Gasteiger charge is 2.07. The first-order chi connectivity index (χ1) is 8.31. The summed E-state index contributed by atoms with van der Waals surface area (Å²) in [5, 5.41) is 2.65. The molecular formula is C17H18. The minimum absolute atomic E-state index is 1.04. The van der Waals surface area contributed by atoms with Gasteiger partial charge in [-0.25, -0.2) is 0 Å². The first-order valence-electron chi connectivity index (χ1n) is 6.11. The van der Waals surface area contributed by atoms with Crippen LogP contribution < -0.4 is 0 Å². The summed E-state index contributed by atoms with van der Waals surface area (Å²) in [4.78, 5) is 0. The molecule has 0 aromatic heterocycles. The lowest BCUT2D eigenvalue weighted by Crippen LogP contribution is -1.93. The molecule has 86 valence electrons. The van der Waals surface area contributed by atoms with E-state index >= 15 is 0 Å². The van der Waals surface area contributed by atoms with Crippen molar-refractivity contribution in [3.05, 3.63) is 59.7 Å². The van der Waals surface area contributed by atoms with Crippen LogP contribution in [0, 0.1) is 0 Å². The molecule has 0 N–H and O–H groups in total. The molecule has 0 radical (unpaired) electrons. The van der Waals surface area contributed by atoms with Crippen LogP contribution in [0.15, 0.2) is 43.0 Å². The van der Waals surface area contributed by atoms with E-state index in [0.29, 0.717) is 0 Å². The van der Waals surface area contributed by atoms with E-state index in [1.165, 1.54) is 27.5 Å². The van der Waals surface area contributed by atoms with Gasteiger partial charge in [0.25, 0.3) is 0 Å². The van der Waals surface area contributed by atoms with Gasteiger partial charge >= 0.3 is 0 Å². The molecule has 0 unspecified atom stereocenters. The molecule has 2 aromatic carbocycles. The molecule has 0 saturated heterocycles. The van der Waals surface area contributed by atoms with Crippen molar-refractivity contribution in [3.63, 3.8) is 0 Å². The van der Waals surface area contributed by atoms with Gasteiger partial charge in [0.15, 0.2) is 0 Å². The second-order valence-corrected chi connectivity index (χ2v) is 4.14. The quantitative estimate of drug-likeness (QED) is 0.679. The van der Waals surface area contributed by atoms with Crippen LogP contribution in [0.2, 0.25) is 0 Å². The molecule has 2 aromatic rings. The molecular weight excluding hydrogens is 204 g/mol. The molecule has 0 spiro atoms. The lowest BCUT2D eigenvalue weighted by atomic mass is 9.92. The van der Waals surface area contributed by atoms with E-state index in [1.807, 2.05) is 6.08 Å². The van der Waals surface area contributed by atoms with E-state index in [4.69, 9.17) is 0 Å². The van der Waals surface area contributed by atoms with Gasteiger partial charge in [0.05, 0.1) is 0 Å². The Morgan fingerprint density at radius 1 is 1.24 bits per heavy atom. The summed E-state index contributed by atoms with van der Waals surface area (Å²) < 4.78 is 0. The topological polar surface area (TPSA) is 0 Å². The van der Waals surface area contributed by atoms with Crippen molar-refractivity contribution in [3.8, 4) is 0 Å². The molecule has 0 bridgehead atoms. The highest BCUT2D eigenvalue weighted by Crippen LogP contribution is 2.28. The van der Waals surface area contributed by atoms with Crippen LogP contribution in [0.5, 0.6) is 0 Å². The summed E-state index contributed by atoms with van der Waals surface area (Å²) >= 11 is 0. The first-order valence-corrected chi connectivity index (χ1v) is 6.11. The monoisotopic (exact) mass is 222 g/mol. The van der Waals surface area contributed by atoms with Gasteiger partial charge in [-0.05, 0) is 46.9 Å². The van der Waals surface area contributed by atoms with Crippen LogP contribution in [0.3, 0.4) is 0 Å². The van der Waals surface area contributed by atoms with Crippen molar-refractivity contribution in [2.45, 2.75) is 20.3 Å². The number of benzene rings is 2. The average molecular weight is 222 g/mol. The van der Waals surface area contributed by atoms with E-state index in [0.717, 1.165) is 6.42 Å². The highest BCUT2D eigenvalue weighted by molar-refractivity contribution is 5.92. The summed E-state index contributed by atoms with van der Waals surface area (Å²) in [5.41, 5.74) is 3.94. The van der Waals surface area contributed by atoms with Gasteiger partial charge in [0.2, 0.25) is 0 Å². The molecule has 0 heterocycles. The zero-order chi connectivity index (χ0) is 12.3. The van der Waals surface area contributed by atoms with Gasteiger partial charge in [0, 0.05) is 0 Å². The van der Waals surface area contributed by atoms with Crippen molar-refractivity contribution in [1.82, 2.24) is 0 Å². The highest BCUT2D eigenvalue weighted by atomic mass is 14.1. The van der Waals surface area contributed by atoms with Crippen molar-refractivity contribution in [1.29, 1.82) is 0 Å². The number of hydrogen-bond acceptors (Lipinski definition) is 0. The molecule has 0 heteroatoms. The molecule has 0 aliphatic rings. The Bertz CT molecular complexity index is 574. The van der Waals surface area contributed by atoms with Gasteiger partial charge < -0.3 is 0 Å². The molecule has 2 rings (SSSR count). The van der Waals surface area contributed by atoms with Crippen LogP contribution in [0.25, 0.3) is 22.9 Å². The maximum Gasteiger partial charge on any atom is -0.0146 e. The van der Waals surface area contributed by atoms with E-state index in [2.05, 4.69) is 62.9 Å². The maximum absolute atomic E-state index is 3.92. The third kappa shape index (κ3) is 2.03. The fraction of sp³-hybridized carbons (Fsp3) is 0.176. The number of aryl methyl sites for hydroxylation is 1. The third-order valence-electron chi connectivity index (χ3n) is 3.14. The number of fused-ring (bicyclic) bond motifs is 1. The Hall–Kier alpha value is -1.82. The largest absolute Gasteiger partial charge is 0.0984 e. The molecule has 17 heavy (non-hydrogen) atoms. The average Bonchev–Trinajstić information content (AvgIpc) is 2.38. The van der Waals surface area contributed by atoms with Crippen molar-refractivity contribution in [2.24, 2.45) is 0 Å². The van der Waals surface area contributed by atoms with Gasteiger partial charge in [-0.1, -0.05) is 56.0 Å². The summed E-state index contributed by atoms with van der Waals surface area (Å²) in [5.74, 6) is 0. The van der Waals surface area contributed by atoms with E-state index in [-0.39, 0.29) is 0 Å². The van der Waals surface area contributed by atoms with Crippen LogP contribution in [0.1, 0.15) is 30.5 Å². The van der Waals surface area contributed by atoms with Crippen molar-refractivity contribution >= 4 is 22.9 Å². The smallest absolute Gasteiger partial charge is 0.0146 e. The SMILES string of the molecule is C=Cc1cc2ccccc2c(CC)c1/C=C\C. The normalized spacial score (nSPS) is 11.2. The standard InChI is InChI=1S/C17H18/c1-4-9-16-13(5-2)12-14-10-7-8-11-17(14)15(16)6-3/h4-5,7-12H,2,6H2,1,3H3/b9-4-. The Morgan fingerprint density at radius 2 is 2.00 bits per heavy atom. The van der Waals surface area contributed by atoms with Crippen LogP contribution in [-0.4, -0.2) is 0 Å². The number of rotatable bonds is 3. The maximum atomic E-state index is 3.92. The fourth-order valence-electron chi connectivity index (χ4n) is 2.38. The lowest BCUT2D eigenvalue weighted by Gasteiger charge is -2.12. The summed E-state index contributed by atoms with van der Waals surface area (Å²) in [6.45, 7) is 8.19. The van der Waals surface area contributed by atoms with E-state index in [1.54, 1.807) is 0 Å². The zero-order valence-electron chi connectivity index (χ0n) is 10.5. The fourth-order valence-corrected chi connectivity index (χ4v) is 2.38. The van der Waals surface area contributed by atoms with E-state index in [9.17, 15) is 0 Å². The molecule has 0 saturated carbocycles. The predicted octanol–water partition coefficient (Wildman–Crippen LogP) is 5.08. The Balaban J connectivity index is 2.88. The van der Waals surface area contributed by atoms with Crippen LogP contribution in [0.4, 0.5) is 0 Å². The van der Waals surface area contributed by atoms with Crippen LogP contribution in [-0.2, 0) is 6.42 Å². The second kappa shape index (κ2) is 5.01. The summed E-state index contributed by atoms with van der Waals surface area (Å²) in [6.07, 6.45) is 7.27. The molecule has 0 aliphatic heterocycles. The van der Waals surface area contributed by atoms with E-state index < -0.39 is 0 Å². The number of hydrogen-bond donors (Lipinski definition) is 0. The number of allylic oxidation sites excluding steroid dienone is 1.